The van der Waals surface area contributed by atoms with Crippen LogP contribution in [0.4, 0.5) is 11.4 Å². The zero-order chi connectivity index (χ0) is 15.0. The van der Waals surface area contributed by atoms with Crippen LogP contribution < -0.4 is 11.1 Å². The minimum atomic E-state index is -0.281. The number of fused-ring (bicyclic) bond motifs is 1. The zero-order valence-corrected chi connectivity index (χ0v) is 14.4. The highest BCUT2D eigenvalue weighted by molar-refractivity contribution is 9.11. The number of nitrogens with zero attached hydrogens (tertiary/aromatic N) is 2. The van der Waals surface area contributed by atoms with Crippen molar-refractivity contribution in [2.45, 2.75) is 0 Å². The Kier molecular flexibility index (Phi) is 3.92. The molecular formula is C13H8Br2N4OS. The minimum Gasteiger partial charge on any atom is -0.396 e. The summed E-state index contributed by atoms with van der Waals surface area (Å²) in [6, 6.07) is 5.53. The minimum absolute atomic E-state index is 0.281. The summed E-state index contributed by atoms with van der Waals surface area (Å²) in [5, 5.41) is 2.83. The first kappa shape index (κ1) is 14.4. The van der Waals surface area contributed by atoms with Crippen LogP contribution in [0.25, 0.3) is 10.3 Å². The highest BCUT2D eigenvalue weighted by Crippen LogP contribution is 2.32. The van der Waals surface area contributed by atoms with Crippen LogP contribution in [0.5, 0.6) is 0 Å². The third-order valence-electron chi connectivity index (χ3n) is 2.75. The van der Waals surface area contributed by atoms with E-state index in [-0.39, 0.29) is 5.91 Å². The van der Waals surface area contributed by atoms with Gasteiger partial charge in [-0.15, -0.1) is 11.3 Å². The van der Waals surface area contributed by atoms with Crippen molar-refractivity contribution in [3.05, 3.63) is 44.4 Å². The van der Waals surface area contributed by atoms with E-state index in [2.05, 4.69) is 47.1 Å². The molecule has 0 spiro atoms. The van der Waals surface area contributed by atoms with Crippen LogP contribution in [0.3, 0.4) is 0 Å². The van der Waals surface area contributed by atoms with Gasteiger partial charge < -0.3 is 11.1 Å². The number of nitrogens with one attached hydrogen (secondary N) is 1. The van der Waals surface area contributed by atoms with Crippen LogP contribution in [0.1, 0.15) is 9.67 Å². The summed E-state index contributed by atoms with van der Waals surface area (Å²) in [5.74, 6) is -0.281. The fraction of sp³-hybridized carbons (Fsp3) is 0. The van der Waals surface area contributed by atoms with Crippen molar-refractivity contribution >= 4 is 70.8 Å². The van der Waals surface area contributed by atoms with Gasteiger partial charge in [-0.25, -0.2) is 9.97 Å². The highest BCUT2D eigenvalue weighted by atomic mass is 79.9. The zero-order valence-electron chi connectivity index (χ0n) is 10.4. The number of aromatic nitrogens is 2. The summed E-state index contributed by atoms with van der Waals surface area (Å²) in [7, 11) is 0. The van der Waals surface area contributed by atoms with E-state index >= 15 is 0 Å². The first-order valence-corrected chi connectivity index (χ1v) is 8.22. The van der Waals surface area contributed by atoms with E-state index in [1.807, 2.05) is 18.2 Å². The van der Waals surface area contributed by atoms with Crippen molar-refractivity contribution in [1.29, 1.82) is 0 Å². The standard InChI is InChI=1S/C13H8Br2N4OS/c14-6-1-2-7(15)8(5-6)19-12(20)11-9(16)10-13(21-11)18-4-3-17-10/h1-5H,16H2,(H,19,20). The number of halogens is 2. The van der Waals surface area contributed by atoms with Crippen LogP contribution >= 0.6 is 43.2 Å². The molecule has 0 bridgehead atoms. The number of nitrogens with two attached hydrogens (primary N) is 1. The molecule has 0 aliphatic rings. The summed E-state index contributed by atoms with van der Waals surface area (Å²) in [4.78, 5) is 21.8. The van der Waals surface area contributed by atoms with Gasteiger partial charge in [0.2, 0.25) is 0 Å². The molecular weight excluding hydrogens is 420 g/mol. The van der Waals surface area contributed by atoms with Crippen molar-refractivity contribution < 1.29 is 4.79 Å². The average molecular weight is 428 g/mol. The molecule has 3 N–H and O–H groups in total. The highest BCUT2D eigenvalue weighted by Gasteiger charge is 2.18. The Hall–Kier alpha value is -1.51. The molecule has 0 fully saturated rings. The third kappa shape index (κ3) is 2.78. The lowest BCUT2D eigenvalue weighted by molar-refractivity contribution is 0.103. The van der Waals surface area contributed by atoms with E-state index in [4.69, 9.17) is 5.73 Å². The quantitative estimate of drug-likeness (QED) is 0.646. The van der Waals surface area contributed by atoms with Crippen LogP contribution in [-0.2, 0) is 0 Å². The monoisotopic (exact) mass is 426 g/mol. The molecule has 0 atom stereocenters. The molecule has 106 valence electrons. The molecule has 1 amide bonds. The number of benzene rings is 1. The lowest BCUT2D eigenvalue weighted by Gasteiger charge is -2.07. The second-order valence-electron chi connectivity index (χ2n) is 4.13. The van der Waals surface area contributed by atoms with Crippen molar-refractivity contribution in [2.24, 2.45) is 0 Å². The molecule has 1 aromatic carbocycles. The van der Waals surface area contributed by atoms with Crippen LogP contribution in [0.15, 0.2) is 39.5 Å². The van der Waals surface area contributed by atoms with Gasteiger partial charge in [-0.05, 0) is 34.1 Å². The van der Waals surface area contributed by atoms with E-state index < -0.39 is 0 Å². The molecule has 21 heavy (non-hydrogen) atoms. The van der Waals surface area contributed by atoms with Crippen LogP contribution in [0.2, 0.25) is 0 Å². The Morgan fingerprint density at radius 1 is 1.24 bits per heavy atom. The molecule has 0 aliphatic heterocycles. The number of anilines is 2. The number of hydrogen-bond donors (Lipinski definition) is 2. The molecule has 2 heterocycles. The summed E-state index contributed by atoms with van der Waals surface area (Å²) in [6.45, 7) is 0. The maximum Gasteiger partial charge on any atom is 0.268 e. The van der Waals surface area contributed by atoms with E-state index in [0.717, 1.165) is 8.95 Å². The number of carbonyl (C=O) groups excluding carboxylic acids is 1. The van der Waals surface area contributed by atoms with Gasteiger partial charge in [0, 0.05) is 21.3 Å². The normalized spacial score (nSPS) is 10.8. The Balaban J connectivity index is 1.97. The molecule has 0 aliphatic carbocycles. The van der Waals surface area contributed by atoms with Crippen molar-refractivity contribution in [3.63, 3.8) is 0 Å². The van der Waals surface area contributed by atoms with Gasteiger partial charge in [-0.3, -0.25) is 4.79 Å². The van der Waals surface area contributed by atoms with Crippen LogP contribution in [-0.4, -0.2) is 15.9 Å². The summed E-state index contributed by atoms with van der Waals surface area (Å²) >= 11 is 7.99. The van der Waals surface area contributed by atoms with Gasteiger partial charge in [0.05, 0.1) is 11.4 Å². The number of rotatable bonds is 2. The van der Waals surface area contributed by atoms with Gasteiger partial charge in [0.15, 0.2) is 0 Å². The SMILES string of the molecule is Nc1c(C(=O)Nc2cc(Br)ccc2Br)sc2nccnc12. The molecule has 0 saturated carbocycles. The van der Waals surface area contributed by atoms with E-state index in [9.17, 15) is 4.79 Å². The van der Waals surface area contributed by atoms with Crippen molar-refractivity contribution in [1.82, 2.24) is 9.97 Å². The summed E-state index contributed by atoms with van der Waals surface area (Å²) < 4.78 is 1.66. The van der Waals surface area contributed by atoms with Crippen molar-refractivity contribution in [3.8, 4) is 0 Å². The average Bonchev–Trinajstić information content (AvgIpc) is 2.81. The fourth-order valence-electron chi connectivity index (χ4n) is 1.78. The number of amides is 1. The maximum absolute atomic E-state index is 12.4. The molecule has 2 aromatic heterocycles. The molecule has 3 rings (SSSR count). The van der Waals surface area contributed by atoms with Crippen LogP contribution in [0, 0.1) is 0 Å². The lowest BCUT2D eigenvalue weighted by atomic mass is 10.3. The first-order chi connectivity index (χ1) is 10.1. The molecule has 0 saturated heterocycles. The van der Waals surface area contributed by atoms with Gasteiger partial charge >= 0.3 is 0 Å². The summed E-state index contributed by atoms with van der Waals surface area (Å²) in [5.41, 5.74) is 7.56. The van der Waals surface area contributed by atoms with E-state index in [1.54, 1.807) is 12.4 Å². The Morgan fingerprint density at radius 3 is 2.76 bits per heavy atom. The number of hydrogen-bond acceptors (Lipinski definition) is 5. The summed E-state index contributed by atoms with van der Waals surface area (Å²) in [6.07, 6.45) is 3.13. The topological polar surface area (TPSA) is 80.9 Å². The first-order valence-electron chi connectivity index (χ1n) is 5.81. The predicted molar refractivity (Wildman–Crippen MR) is 91.6 cm³/mol. The van der Waals surface area contributed by atoms with Crippen molar-refractivity contribution in [2.75, 3.05) is 11.1 Å². The Bertz CT molecular complexity index is 849. The second kappa shape index (κ2) is 5.70. The van der Waals surface area contributed by atoms with E-state index in [0.29, 0.717) is 26.6 Å². The number of thiophene rings is 1. The fourth-order valence-corrected chi connectivity index (χ4v) is 3.41. The molecule has 3 aromatic rings. The van der Waals surface area contributed by atoms with Gasteiger partial charge in [0.1, 0.15) is 15.2 Å². The maximum atomic E-state index is 12.4. The number of nitrogen functional groups attached to an aromatic ring is 1. The largest absolute Gasteiger partial charge is 0.396 e. The van der Waals surface area contributed by atoms with Gasteiger partial charge in [-0.2, -0.15) is 0 Å². The Labute approximate surface area is 140 Å². The predicted octanol–water partition coefficient (Wildman–Crippen LogP) is 4.05. The Morgan fingerprint density at radius 2 is 2.00 bits per heavy atom. The van der Waals surface area contributed by atoms with Gasteiger partial charge in [0.25, 0.3) is 5.91 Å². The third-order valence-corrected chi connectivity index (χ3v) is 5.03. The smallest absolute Gasteiger partial charge is 0.268 e. The molecule has 0 radical (unpaired) electrons. The molecule has 0 unspecified atom stereocenters. The van der Waals surface area contributed by atoms with E-state index in [1.165, 1.54) is 11.3 Å². The van der Waals surface area contributed by atoms with Gasteiger partial charge in [-0.1, -0.05) is 15.9 Å². The second-order valence-corrected chi connectivity index (χ2v) is 6.90. The molecule has 8 heteroatoms. The number of carbonyl (C=O) groups is 1. The lowest BCUT2D eigenvalue weighted by Crippen LogP contribution is -2.12. The molecule has 5 nitrogen and oxygen atoms in total.